The van der Waals surface area contributed by atoms with Gasteiger partial charge in [0, 0.05) is 6.20 Å². The Labute approximate surface area is 125 Å². The molecule has 0 aliphatic carbocycles. The SMILES string of the molecule is Cc1ccc(-c2ccnc(NC(=O)OC(C)(C)C)c2)cc1. The lowest BCUT2D eigenvalue weighted by atomic mass is 10.1. The number of nitrogens with one attached hydrogen (secondary N) is 1. The van der Waals surface area contributed by atoms with Crippen molar-refractivity contribution in [3.63, 3.8) is 0 Å². The van der Waals surface area contributed by atoms with Crippen LogP contribution in [0, 0.1) is 6.92 Å². The highest BCUT2D eigenvalue weighted by molar-refractivity contribution is 5.84. The second kappa shape index (κ2) is 5.95. The van der Waals surface area contributed by atoms with E-state index in [1.165, 1.54) is 5.56 Å². The number of hydrogen-bond donors (Lipinski definition) is 1. The lowest BCUT2D eigenvalue weighted by Crippen LogP contribution is -2.27. The zero-order valence-electron chi connectivity index (χ0n) is 12.8. The molecule has 0 saturated carbocycles. The molecule has 1 aromatic heterocycles. The van der Waals surface area contributed by atoms with Crippen LogP contribution in [-0.2, 0) is 4.74 Å². The van der Waals surface area contributed by atoms with Gasteiger partial charge in [0.1, 0.15) is 11.4 Å². The normalized spacial score (nSPS) is 11.0. The summed E-state index contributed by atoms with van der Waals surface area (Å²) in [7, 11) is 0. The smallest absolute Gasteiger partial charge is 0.413 e. The van der Waals surface area contributed by atoms with E-state index < -0.39 is 11.7 Å². The van der Waals surface area contributed by atoms with Gasteiger partial charge in [-0.25, -0.2) is 9.78 Å². The van der Waals surface area contributed by atoms with Gasteiger partial charge in [-0.3, -0.25) is 5.32 Å². The highest BCUT2D eigenvalue weighted by Gasteiger charge is 2.16. The quantitative estimate of drug-likeness (QED) is 0.889. The number of nitrogens with zero attached hydrogens (tertiary/aromatic N) is 1. The van der Waals surface area contributed by atoms with Gasteiger partial charge < -0.3 is 4.74 Å². The van der Waals surface area contributed by atoms with Gasteiger partial charge in [-0.2, -0.15) is 0 Å². The summed E-state index contributed by atoms with van der Waals surface area (Å²) >= 11 is 0. The molecule has 0 radical (unpaired) electrons. The fraction of sp³-hybridized carbons (Fsp3) is 0.294. The van der Waals surface area contributed by atoms with Crippen LogP contribution in [-0.4, -0.2) is 16.7 Å². The van der Waals surface area contributed by atoms with Crippen molar-refractivity contribution in [1.82, 2.24) is 4.98 Å². The molecule has 4 nitrogen and oxygen atoms in total. The lowest BCUT2D eigenvalue weighted by Gasteiger charge is -2.19. The molecule has 1 amide bonds. The Morgan fingerprint density at radius 1 is 1.10 bits per heavy atom. The summed E-state index contributed by atoms with van der Waals surface area (Å²) < 4.78 is 5.21. The number of carbonyl (C=O) groups is 1. The van der Waals surface area contributed by atoms with E-state index in [1.54, 1.807) is 6.20 Å². The number of amides is 1. The van der Waals surface area contributed by atoms with Crippen LogP contribution in [0.1, 0.15) is 26.3 Å². The molecule has 0 atom stereocenters. The van der Waals surface area contributed by atoms with E-state index in [0.29, 0.717) is 5.82 Å². The van der Waals surface area contributed by atoms with Crippen LogP contribution in [0.3, 0.4) is 0 Å². The van der Waals surface area contributed by atoms with E-state index in [0.717, 1.165) is 11.1 Å². The maximum absolute atomic E-state index is 11.7. The van der Waals surface area contributed by atoms with Crippen molar-refractivity contribution < 1.29 is 9.53 Å². The fourth-order valence-electron chi connectivity index (χ4n) is 1.83. The van der Waals surface area contributed by atoms with Gasteiger partial charge in [0.25, 0.3) is 0 Å². The van der Waals surface area contributed by atoms with Crippen LogP contribution in [0.5, 0.6) is 0 Å². The highest BCUT2D eigenvalue weighted by atomic mass is 16.6. The van der Waals surface area contributed by atoms with Crippen molar-refractivity contribution in [2.75, 3.05) is 5.32 Å². The molecule has 110 valence electrons. The number of ether oxygens (including phenoxy) is 1. The molecule has 1 heterocycles. The Morgan fingerprint density at radius 2 is 1.76 bits per heavy atom. The fourth-order valence-corrected chi connectivity index (χ4v) is 1.83. The number of aromatic nitrogens is 1. The minimum absolute atomic E-state index is 0.474. The van der Waals surface area contributed by atoms with Gasteiger partial charge in [-0.1, -0.05) is 29.8 Å². The third kappa shape index (κ3) is 4.60. The van der Waals surface area contributed by atoms with Crippen LogP contribution in [0.25, 0.3) is 11.1 Å². The molecule has 0 spiro atoms. The molecule has 0 aliphatic heterocycles. The van der Waals surface area contributed by atoms with Crippen LogP contribution >= 0.6 is 0 Å². The van der Waals surface area contributed by atoms with E-state index in [4.69, 9.17) is 4.74 Å². The lowest BCUT2D eigenvalue weighted by molar-refractivity contribution is 0.0635. The Balaban J connectivity index is 2.14. The first-order chi connectivity index (χ1) is 9.83. The summed E-state index contributed by atoms with van der Waals surface area (Å²) in [6, 6.07) is 11.9. The first-order valence-corrected chi connectivity index (χ1v) is 6.86. The summed E-state index contributed by atoms with van der Waals surface area (Å²) in [6.07, 6.45) is 1.16. The molecule has 0 unspecified atom stereocenters. The van der Waals surface area contributed by atoms with Gasteiger partial charge in [-0.05, 0) is 51.0 Å². The monoisotopic (exact) mass is 284 g/mol. The number of hydrogen-bond acceptors (Lipinski definition) is 3. The number of benzene rings is 1. The molecule has 1 aromatic carbocycles. The number of carbonyl (C=O) groups excluding carboxylic acids is 1. The second-order valence-electron chi connectivity index (χ2n) is 5.92. The Bertz CT molecular complexity index is 628. The van der Waals surface area contributed by atoms with Crippen LogP contribution in [0.2, 0.25) is 0 Å². The standard InChI is InChI=1S/C17H20N2O2/c1-12-5-7-13(8-6-12)14-9-10-18-15(11-14)19-16(20)21-17(2,3)4/h5-11H,1-4H3,(H,18,19,20). The Hall–Kier alpha value is -2.36. The van der Waals surface area contributed by atoms with Gasteiger partial charge in [0.2, 0.25) is 0 Å². The molecular weight excluding hydrogens is 264 g/mol. The number of pyridine rings is 1. The van der Waals surface area contributed by atoms with Crippen molar-refractivity contribution in [2.45, 2.75) is 33.3 Å². The van der Waals surface area contributed by atoms with Gasteiger partial charge in [-0.15, -0.1) is 0 Å². The molecular formula is C17H20N2O2. The molecule has 0 saturated heterocycles. The van der Waals surface area contributed by atoms with E-state index in [-0.39, 0.29) is 0 Å². The topological polar surface area (TPSA) is 51.2 Å². The average Bonchev–Trinajstić information content (AvgIpc) is 2.37. The summed E-state index contributed by atoms with van der Waals surface area (Å²) in [5, 5.41) is 2.65. The summed E-state index contributed by atoms with van der Waals surface area (Å²) in [5.74, 6) is 0.474. The highest BCUT2D eigenvalue weighted by Crippen LogP contribution is 2.22. The van der Waals surface area contributed by atoms with E-state index in [1.807, 2.05) is 52.0 Å². The van der Waals surface area contributed by atoms with E-state index >= 15 is 0 Å². The zero-order valence-corrected chi connectivity index (χ0v) is 12.8. The molecule has 21 heavy (non-hydrogen) atoms. The Morgan fingerprint density at radius 3 is 2.38 bits per heavy atom. The number of anilines is 1. The molecule has 4 heteroatoms. The summed E-state index contributed by atoms with van der Waals surface area (Å²) in [5.41, 5.74) is 2.75. The minimum atomic E-state index is -0.529. The molecule has 2 aromatic rings. The minimum Gasteiger partial charge on any atom is -0.444 e. The predicted molar refractivity (Wildman–Crippen MR) is 84.3 cm³/mol. The maximum atomic E-state index is 11.7. The maximum Gasteiger partial charge on any atom is 0.413 e. The molecule has 0 aliphatic rings. The predicted octanol–water partition coefficient (Wildman–Crippen LogP) is 4.40. The third-order valence-electron chi connectivity index (χ3n) is 2.77. The summed E-state index contributed by atoms with van der Waals surface area (Å²) in [4.78, 5) is 15.9. The van der Waals surface area contributed by atoms with Gasteiger partial charge in [0.05, 0.1) is 0 Å². The molecule has 0 fully saturated rings. The van der Waals surface area contributed by atoms with Crippen molar-refractivity contribution >= 4 is 11.9 Å². The van der Waals surface area contributed by atoms with Crippen molar-refractivity contribution in [3.8, 4) is 11.1 Å². The summed E-state index contributed by atoms with van der Waals surface area (Å²) in [6.45, 7) is 7.51. The van der Waals surface area contributed by atoms with Crippen molar-refractivity contribution in [3.05, 3.63) is 48.2 Å². The van der Waals surface area contributed by atoms with Crippen LogP contribution in [0.15, 0.2) is 42.6 Å². The first kappa shape index (κ1) is 15.0. The van der Waals surface area contributed by atoms with Crippen molar-refractivity contribution in [2.24, 2.45) is 0 Å². The number of rotatable bonds is 2. The Kier molecular flexibility index (Phi) is 4.26. The van der Waals surface area contributed by atoms with Crippen molar-refractivity contribution in [1.29, 1.82) is 0 Å². The van der Waals surface area contributed by atoms with E-state index in [2.05, 4.69) is 22.4 Å². The molecule has 1 N–H and O–H groups in total. The first-order valence-electron chi connectivity index (χ1n) is 6.86. The third-order valence-corrected chi connectivity index (χ3v) is 2.77. The number of aryl methyl sites for hydroxylation is 1. The van der Waals surface area contributed by atoms with E-state index in [9.17, 15) is 4.79 Å². The zero-order chi connectivity index (χ0) is 15.5. The van der Waals surface area contributed by atoms with Crippen LogP contribution < -0.4 is 5.32 Å². The average molecular weight is 284 g/mol. The van der Waals surface area contributed by atoms with Crippen LogP contribution in [0.4, 0.5) is 10.6 Å². The van der Waals surface area contributed by atoms with Gasteiger partial charge >= 0.3 is 6.09 Å². The van der Waals surface area contributed by atoms with Gasteiger partial charge in [0.15, 0.2) is 0 Å². The second-order valence-corrected chi connectivity index (χ2v) is 5.92. The largest absolute Gasteiger partial charge is 0.444 e. The molecule has 0 bridgehead atoms. The molecule has 2 rings (SSSR count).